The number of hydrogen-bond donors (Lipinski definition) is 2. The third kappa shape index (κ3) is 4.79. The van der Waals surface area contributed by atoms with Crippen LogP contribution in [0.4, 0.5) is 4.79 Å². The van der Waals surface area contributed by atoms with Gasteiger partial charge in [-0.15, -0.1) is 0 Å². The Morgan fingerprint density at radius 3 is 2.56 bits per heavy atom. The molecule has 1 amide bonds. The van der Waals surface area contributed by atoms with E-state index < -0.39 is 11.7 Å². The van der Waals surface area contributed by atoms with Crippen molar-refractivity contribution in [2.75, 3.05) is 13.6 Å². The summed E-state index contributed by atoms with van der Waals surface area (Å²) < 4.78 is 10.7. The summed E-state index contributed by atoms with van der Waals surface area (Å²) in [6.45, 7) is 7.93. The largest absolute Gasteiger partial charge is 0.464 e. The molecule has 2 N–H and O–H groups in total. The van der Waals surface area contributed by atoms with E-state index in [1.807, 2.05) is 46.9 Å². The predicted molar refractivity (Wildman–Crippen MR) is 69.5 cm³/mol. The van der Waals surface area contributed by atoms with Gasteiger partial charge in [0, 0.05) is 6.54 Å². The van der Waals surface area contributed by atoms with Gasteiger partial charge < -0.3 is 19.8 Å². The first-order valence-corrected chi connectivity index (χ1v) is 6.02. The maximum Gasteiger partial charge on any atom is 0.408 e. The number of aryl methyl sites for hydroxylation is 1. The van der Waals surface area contributed by atoms with Crippen LogP contribution in [0.5, 0.6) is 0 Å². The van der Waals surface area contributed by atoms with Crippen LogP contribution in [0.15, 0.2) is 16.5 Å². The van der Waals surface area contributed by atoms with E-state index >= 15 is 0 Å². The zero-order valence-electron chi connectivity index (χ0n) is 11.7. The fraction of sp³-hybridized carbons (Fsp3) is 0.615. The van der Waals surface area contributed by atoms with Crippen LogP contribution in [0.3, 0.4) is 0 Å². The summed E-state index contributed by atoms with van der Waals surface area (Å²) in [4.78, 5) is 11.7. The number of ether oxygens (including phenoxy) is 1. The van der Waals surface area contributed by atoms with Crippen LogP contribution in [-0.4, -0.2) is 25.3 Å². The molecule has 5 heteroatoms. The van der Waals surface area contributed by atoms with Gasteiger partial charge >= 0.3 is 6.09 Å². The number of carbonyl (C=O) groups is 1. The van der Waals surface area contributed by atoms with Crippen molar-refractivity contribution in [3.05, 3.63) is 23.7 Å². The molecule has 1 atom stereocenters. The normalized spacial score (nSPS) is 13.2. The second-order valence-corrected chi connectivity index (χ2v) is 5.20. The molecule has 0 aliphatic carbocycles. The molecule has 0 aliphatic rings. The van der Waals surface area contributed by atoms with Crippen molar-refractivity contribution in [1.29, 1.82) is 0 Å². The van der Waals surface area contributed by atoms with Gasteiger partial charge in [0.15, 0.2) is 0 Å². The molecule has 1 aromatic rings. The van der Waals surface area contributed by atoms with Crippen molar-refractivity contribution >= 4 is 6.09 Å². The van der Waals surface area contributed by atoms with Crippen molar-refractivity contribution in [2.45, 2.75) is 39.3 Å². The van der Waals surface area contributed by atoms with E-state index in [9.17, 15) is 4.79 Å². The Labute approximate surface area is 108 Å². The summed E-state index contributed by atoms with van der Waals surface area (Å²) in [5, 5.41) is 5.80. The average molecular weight is 254 g/mol. The molecule has 0 bridgehead atoms. The number of carbonyl (C=O) groups excluding carboxylic acids is 1. The first-order valence-electron chi connectivity index (χ1n) is 6.02. The molecule has 5 nitrogen and oxygen atoms in total. The van der Waals surface area contributed by atoms with Crippen LogP contribution in [0.2, 0.25) is 0 Å². The molecule has 0 saturated carbocycles. The van der Waals surface area contributed by atoms with Crippen LogP contribution in [0, 0.1) is 6.92 Å². The SMILES string of the molecule is CNCC(NC(=O)OC(C)(C)C)c1ccc(C)o1. The topological polar surface area (TPSA) is 63.5 Å². The number of hydrogen-bond acceptors (Lipinski definition) is 4. The quantitative estimate of drug-likeness (QED) is 0.866. The van der Waals surface area contributed by atoms with Gasteiger partial charge in [-0.25, -0.2) is 4.79 Å². The predicted octanol–water partition coefficient (Wildman–Crippen LogP) is 2.37. The zero-order valence-corrected chi connectivity index (χ0v) is 11.7. The Morgan fingerprint density at radius 2 is 2.11 bits per heavy atom. The fourth-order valence-corrected chi connectivity index (χ4v) is 1.52. The lowest BCUT2D eigenvalue weighted by atomic mass is 10.2. The van der Waals surface area contributed by atoms with Gasteiger partial charge in [-0.05, 0) is 46.9 Å². The molecule has 102 valence electrons. The number of likely N-dealkylation sites (N-methyl/N-ethyl adjacent to an activating group) is 1. The van der Waals surface area contributed by atoms with Gasteiger partial charge in [0.1, 0.15) is 23.2 Å². The van der Waals surface area contributed by atoms with E-state index in [4.69, 9.17) is 9.15 Å². The lowest BCUT2D eigenvalue weighted by molar-refractivity contribution is 0.0497. The molecule has 1 aromatic heterocycles. The third-order valence-corrected chi connectivity index (χ3v) is 2.20. The van der Waals surface area contributed by atoms with E-state index in [1.165, 1.54) is 0 Å². The number of alkyl carbamates (subject to hydrolysis) is 1. The minimum absolute atomic E-state index is 0.237. The van der Waals surface area contributed by atoms with E-state index in [0.717, 1.165) is 5.76 Å². The second-order valence-electron chi connectivity index (χ2n) is 5.20. The molecule has 1 heterocycles. The van der Waals surface area contributed by atoms with Crippen LogP contribution in [-0.2, 0) is 4.74 Å². The standard InChI is InChI=1S/C13H22N2O3/c1-9-6-7-11(17-9)10(8-14-5)15-12(16)18-13(2,3)4/h6-7,10,14H,8H2,1-5H3,(H,15,16). The molecule has 1 unspecified atom stereocenters. The van der Waals surface area contributed by atoms with E-state index in [0.29, 0.717) is 12.3 Å². The molecule has 0 aromatic carbocycles. The molecule has 0 saturated heterocycles. The van der Waals surface area contributed by atoms with E-state index in [-0.39, 0.29) is 6.04 Å². The lowest BCUT2D eigenvalue weighted by Gasteiger charge is -2.22. The molecular formula is C13H22N2O3. The van der Waals surface area contributed by atoms with Crippen LogP contribution < -0.4 is 10.6 Å². The first-order chi connectivity index (χ1) is 8.31. The van der Waals surface area contributed by atoms with Gasteiger partial charge in [-0.2, -0.15) is 0 Å². The molecule has 0 fully saturated rings. The highest BCUT2D eigenvalue weighted by molar-refractivity contribution is 5.68. The highest BCUT2D eigenvalue weighted by atomic mass is 16.6. The molecule has 18 heavy (non-hydrogen) atoms. The van der Waals surface area contributed by atoms with Crippen molar-refractivity contribution in [1.82, 2.24) is 10.6 Å². The van der Waals surface area contributed by atoms with Gasteiger partial charge in [-0.1, -0.05) is 0 Å². The van der Waals surface area contributed by atoms with Crippen LogP contribution in [0.1, 0.15) is 38.3 Å². The number of furan rings is 1. The maximum absolute atomic E-state index is 11.7. The van der Waals surface area contributed by atoms with Crippen LogP contribution >= 0.6 is 0 Å². The van der Waals surface area contributed by atoms with Gasteiger partial charge in [0.2, 0.25) is 0 Å². The Hall–Kier alpha value is -1.49. The third-order valence-electron chi connectivity index (χ3n) is 2.20. The number of amides is 1. The number of nitrogens with one attached hydrogen (secondary N) is 2. The summed E-state index contributed by atoms with van der Waals surface area (Å²) in [6.07, 6.45) is -0.447. The van der Waals surface area contributed by atoms with Gasteiger partial charge in [0.25, 0.3) is 0 Å². The Balaban J connectivity index is 2.66. The monoisotopic (exact) mass is 254 g/mol. The smallest absolute Gasteiger partial charge is 0.408 e. The molecule has 0 spiro atoms. The summed E-state index contributed by atoms with van der Waals surface area (Å²) in [6, 6.07) is 3.49. The fourth-order valence-electron chi connectivity index (χ4n) is 1.52. The van der Waals surface area contributed by atoms with Crippen molar-refractivity contribution in [3.8, 4) is 0 Å². The van der Waals surface area contributed by atoms with Gasteiger partial charge in [0.05, 0.1) is 0 Å². The lowest BCUT2D eigenvalue weighted by Crippen LogP contribution is -2.38. The number of rotatable bonds is 4. The zero-order chi connectivity index (χ0) is 13.8. The van der Waals surface area contributed by atoms with Crippen molar-refractivity contribution < 1.29 is 13.9 Å². The first kappa shape index (κ1) is 14.6. The van der Waals surface area contributed by atoms with E-state index in [1.54, 1.807) is 0 Å². The summed E-state index contributed by atoms with van der Waals surface area (Å²) in [5.74, 6) is 1.53. The van der Waals surface area contributed by atoms with Crippen molar-refractivity contribution in [2.24, 2.45) is 0 Å². The van der Waals surface area contributed by atoms with Crippen LogP contribution in [0.25, 0.3) is 0 Å². The average Bonchev–Trinajstić information content (AvgIpc) is 2.61. The Bertz CT molecular complexity index is 393. The second kappa shape index (κ2) is 5.91. The minimum Gasteiger partial charge on any atom is -0.464 e. The Morgan fingerprint density at radius 1 is 1.44 bits per heavy atom. The molecule has 1 rings (SSSR count). The Kier molecular flexibility index (Phi) is 4.78. The van der Waals surface area contributed by atoms with Gasteiger partial charge in [-0.3, -0.25) is 0 Å². The summed E-state index contributed by atoms with van der Waals surface area (Å²) in [5.41, 5.74) is -0.507. The summed E-state index contributed by atoms with van der Waals surface area (Å²) >= 11 is 0. The highest BCUT2D eigenvalue weighted by Gasteiger charge is 2.21. The molecule has 0 aliphatic heterocycles. The summed E-state index contributed by atoms with van der Waals surface area (Å²) in [7, 11) is 1.82. The maximum atomic E-state index is 11.7. The highest BCUT2D eigenvalue weighted by Crippen LogP contribution is 2.16. The van der Waals surface area contributed by atoms with E-state index in [2.05, 4.69) is 10.6 Å². The minimum atomic E-state index is -0.507. The van der Waals surface area contributed by atoms with Crippen molar-refractivity contribution in [3.63, 3.8) is 0 Å². The molecular weight excluding hydrogens is 232 g/mol. The molecule has 0 radical (unpaired) electrons.